The third-order valence-corrected chi connectivity index (χ3v) is 6.74. The van der Waals surface area contributed by atoms with E-state index in [2.05, 4.69) is 57.3 Å². The number of likely N-dealkylation sites (N-methyl/N-ethyl adjacent to an activating group) is 1. The number of nitrogens with zero attached hydrogens (tertiary/aromatic N) is 6. The molecule has 0 bridgehead atoms. The van der Waals surface area contributed by atoms with Gasteiger partial charge in [0.1, 0.15) is 17.5 Å². The first-order valence-corrected chi connectivity index (χ1v) is 11.8. The second-order valence-corrected chi connectivity index (χ2v) is 9.13. The fourth-order valence-corrected chi connectivity index (χ4v) is 4.76. The molecule has 178 valence electrons. The van der Waals surface area contributed by atoms with Crippen LogP contribution in [-0.2, 0) is 0 Å². The van der Waals surface area contributed by atoms with Crippen LogP contribution in [-0.4, -0.2) is 71.3 Å². The van der Waals surface area contributed by atoms with Crippen molar-refractivity contribution < 1.29 is 5.11 Å². The van der Waals surface area contributed by atoms with Gasteiger partial charge in [0.2, 0.25) is 5.95 Å². The first-order valence-electron chi connectivity index (χ1n) is 11.8. The normalized spacial score (nSPS) is 18.6. The van der Waals surface area contributed by atoms with Gasteiger partial charge in [-0.05, 0) is 56.3 Å². The van der Waals surface area contributed by atoms with Crippen LogP contribution < -0.4 is 20.9 Å². The summed E-state index contributed by atoms with van der Waals surface area (Å²) in [7, 11) is 2.17. The summed E-state index contributed by atoms with van der Waals surface area (Å²) in [4.78, 5) is 20.7. The summed E-state index contributed by atoms with van der Waals surface area (Å²) in [5.74, 6) is 2.48. The van der Waals surface area contributed by atoms with E-state index in [0.29, 0.717) is 18.3 Å². The predicted octanol–water partition coefficient (Wildman–Crippen LogP) is 2.88. The molecule has 0 amide bonds. The van der Waals surface area contributed by atoms with Gasteiger partial charge in [0.25, 0.3) is 0 Å². The summed E-state index contributed by atoms with van der Waals surface area (Å²) in [6.45, 7) is 7.14. The number of fused-ring (bicyclic) bond motifs is 1. The molecule has 0 saturated carbocycles. The van der Waals surface area contributed by atoms with Crippen LogP contribution in [0.4, 0.5) is 34.8 Å². The van der Waals surface area contributed by atoms with E-state index < -0.39 is 0 Å². The molecule has 0 spiro atoms. The topological polar surface area (TPSA) is 107 Å². The van der Waals surface area contributed by atoms with Crippen LogP contribution in [0.1, 0.15) is 23.5 Å². The van der Waals surface area contributed by atoms with Crippen LogP contribution in [0.5, 0.6) is 0 Å². The maximum absolute atomic E-state index is 9.89. The Morgan fingerprint density at radius 2 is 1.91 bits per heavy atom. The molecule has 2 aromatic heterocycles. The molecular weight excluding hydrogens is 428 g/mol. The number of aliphatic hydroxyl groups is 1. The van der Waals surface area contributed by atoms with Crippen molar-refractivity contribution in [2.24, 2.45) is 0 Å². The van der Waals surface area contributed by atoms with Gasteiger partial charge in [0.15, 0.2) is 0 Å². The van der Waals surface area contributed by atoms with Gasteiger partial charge >= 0.3 is 0 Å². The maximum atomic E-state index is 9.89. The van der Waals surface area contributed by atoms with Gasteiger partial charge in [-0.3, -0.25) is 0 Å². The van der Waals surface area contributed by atoms with Gasteiger partial charge in [-0.2, -0.15) is 4.98 Å². The number of aromatic nitrogens is 3. The van der Waals surface area contributed by atoms with Crippen molar-refractivity contribution in [3.63, 3.8) is 0 Å². The van der Waals surface area contributed by atoms with E-state index >= 15 is 0 Å². The number of benzene rings is 1. The summed E-state index contributed by atoms with van der Waals surface area (Å²) in [5.41, 5.74) is 10.3. The summed E-state index contributed by atoms with van der Waals surface area (Å²) < 4.78 is 0. The number of pyridine rings is 1. The second-order valence-electron chi connectivity index (χ2n) is 9.13. The van der Waals surface area contributed by atoms with E-state index in [4.69, 9.17) is 10.7 Å². The van der Waals surface area contributed by atoms with E-state index in [1.54, 1.807) is 6.07 Å². The molecule has 0 aliphatic carbocycles. The van der Waals surface area contributed by atoms with Crippen molar-refractivity contribution >= 4 is 34.8 Å². The number of aliphatic hydroxyl groups excluding tert-OH is 1. The smallest absolute Gasteiger partial charge is 0.229 e. The highest BCUT2D eigenvalue weighted by molar-refractivity contribution is 5.67. The standard InChI is InChI=1S/C25H32N8O/c1-17-14-19(6-7-21(17)32-12-10-31(2)11-13-32)28-25-27-15-20-18(16-34)8-9-33(24(20)30-25)23-5-3-4-22(26)29-23/h3-7,14-15,18,34H,8-13,16H2,1-2H3,(H2,26,29)(H,27,28,30). The number of aryl methyl sites for hydroxylation is 1. The number of hydrogen-bond donors (Lipinski definition) is 3. The second kappa shape index (κ2) is 9.44. The molecule has 9 nitrogen and oxygen atoms in total. The Bertz CT molecular complexity index is 1160. The van der Waals surface area contributed by atoms with Crippen molar-refractivity contribution in [3.05, 3.63) is 53.7 Å². The van der Waals surface area contributed by atoms with Gasteiger partial charge in [0.05, 0.1) is 6.61 Å². The van der Waals surface area contributed by atoms with Crippen LogP contribution >= 0.6 is 0 Å². The minimum atomic E-state index is 0.00600. The minimum absolute atomic E-state index is 0.00600. The maximum Gasteiger partial charge on any atom is 0.229 e. The molecule has 1 fully saturated rings. The van der Waals surface area contributed by atoms with Crippen LogP contribution in [0.15, 0.2) is 42.6 Å². The molecule has 5 rings (SSSR count). The average Bonchev–Trinajstić information content (AvgIpc) is 2.84. The minimum Gasteiger partial charge on any atom is -0.396 e. The molecule has 34 heavy (non-hydrogen) atoms. The van der Waals surface area contributed by atoms with Gasteiger partial charge in [0, 0.05) is 61.8 Å². The van der Waals surface area contributed by atoms with Gasteiger partial charge in [-0.1, -0.05) is 6.07 Å². The number of rotatable bonds is 5. The number of hydrogen-bond acceptors (Lipinski definition) is 9. The van der Waals surface area contributed by atoms with Crippen molar-refractivity contribution in [1.82, 2.24) is 19.9 Å². The molecule has 4 N–H and O–H groups in total. The Kier molecular flexibility index (Phi) is 6.21. The zero-order valence-electron chi connectivity index (χ0n) is 19.8. The van der Waals surface area contributed by atoms with E-state index in [-0.39, 0.29) is 12.5 Å². The first kappa shape index (κ1) is 22.4. The predicted molar refractivity (Wildman–Crippen MR) is 136 cm³/mol. The summed E-state index contributed by atoms with van der Waals surface area (Å²) in [6, 6.07) is 12.0. The molecule has 1 unspecified atom stereocenters. The summed E-state index contributed by atoms with van der Waals surface area (Å²) in [6.07, 6.45) is 2.61. The molecule has 9 heteroatoms. The highest BCUT2D eigenvalue weighted by Gasteiger charge is 2.28. The monoisotopic (exact) mass is 460 g/mol. The molecule has 4 heterocycles. The third kappa shape index (κ3) is 4.49. The molecule has 0 radical (unpaired) electrons. The van der Waals surface area contributed by atoms with Crippen molar-refractivity contribution in [2.45, 2.75) is 19.3 Å². The Balaban J connectivity index is 1.41. The van der Waals surface area contributed by atoms with Gasteiger partial charge in [-0.25, -0.2) is 9.97 Å². The van der Waals surface area contributed by atoms with Crippen LogP contribution in [0.2, 0.25) is 0 Å². The molecule has 2 aliphatic heterocycles. The lowest BCUT2D eigenvalue weighted by atomic mass is 9.94. The Morgan fingerprint density at radius 3 is 2.65 bits per heavy atom. The first-order chi connectivity index (χ1) is 16.5. The molecule has 1 aromatic carbocycles. The molecule has 1 saturated heterocycles. The Labute approximate surface area is 200 Å². The lowest BCUT2D eigenvalue weighted by Gasteiger charge is -2.35. The highest BCUT2D eigenvalue weighted by atomic mass is 16.3. The number of nitrogens with one attached hydrogen (secondary N) is 1. The van der Waals surface area contributed by atoms with Crippen LogP contribution in [0, 0.1) is 6.92 Å². The van der Waals surface area contributed by atoms with Crippen molar-refractivity contribution in [3.8, 4) is 0 Å². The number of nitrogens with two attached hydrogens (primary N) is 1. The fraction of sp³-hybridized carbons (Fsp3) is 0.400. The summed E-state index contributed by atoms with van der Waals surface area (Å²) >= 11 is 0. The lowest BCUT2D eigenvalue weighted by molar-refractivity contribution is 0.257. The van der Waals surface area contributed by atoms with Crippen LogP contribution in [0.3, 0.4) is 0 Å². The zero-order chi connectivity index (χ0) is 23.7. The number of nitrogen functional groups attached to an aromatic ring is 1. The molecule has 2 aliphatic rings. The SMILES string of the molecule is Cc1cc(Nc2ncc3c(n2)N(c2cccc(N)n2)CCC3CO)ccc1N1CCN(C)CC1. The van der Waals surface area contributed by atoms with E-state index in [0.717, 1.165) is 55.5 Å². The largest absolute Gasteiger partial charge is 0.396 e. The molecule has 3 aromatic rings. The Hall–Kier alpha value is -3.43. The zero-order valence-corrected chi connectivity index (χ0v) is 19.8. The summed E-state index contributed by atoms with van der Waals surface area (Å²) in [5, 5.41) is 13.3. The number of piperazine rings is 1. The van der Waals surface area contributed by atoms with Crippen molar-refractivity contribution in [1.29, 1.82) is 0 Å². The molecular formula is C25H32N8O. The fourth-order valence-electron chi connectivity index (χ4n) is 4.76. The lowest BCUT2D eigenvalue weighted by Crippen LogP contribution is -2.44. The van der Waals surface area contributed by atoms with Crippen LogP contribution in [0.25, 0.3) is 0 Å². The number of anilines is 6. The third-order valence-electron chi connectivity index (χ3n) is 6.74. The van der Waals surface area contributed by atoms with E-state index in [1.807, 2.05) is 23.2 Å². The van der Waals surface area contributed by atoms with Gasteiger partial charge < -0.3 is 30.9 Å². The van der Waals surface area contributed by atoms with E-state index in [9.17, 15) is 5.11 Å². The highest BCUT2D eigenvalue weighted by Crippen LogP contribution is 2.38. The van der Waals surface area contributed by atoms with Crippen molar-refractivity contribution in [2.75, 3.05) is 67.2 Å². The quantitative estimate of drug-likeness (QED) is 0.530. The van der Waals surface area contributed by atoms with Gasteiger partial charge in [-0.15, -0.1) is 0 Å². The molecule has 1 atom stereocenters. The Morgan fingerprint density at radius 1 is 1.09 bits per heavy atom. The average molecular weight is 461 g/mol. The van der Waals surface area contributed by atoms with E-state index in [1.165, 1.54) is 11.3 Å².